The third-order valence-corrected chi connectivity index (χ3v) is 8.03. The molecule has 0 radical (unpaired) electrons. The minimum Gasteiger partial charge on any atom is -0.299 e. The fourth-order valence-electron chi connectivity index (χ4n) is 5.88. The Morgan fingerprint density at radius 1 is 0.722 bits per heavy atom. The van der Waals surface area contributed by atoms with Crippen LogP contribution in [0.2, 0.25) is 0 Å². The van der Waals surface area contributed by atoms with Crippen LogP contribution >= 0.6 is 0 Å². The van der Waals surface area contributed by atoms with E-state index in [0.29, 0.717) is 12.1 Å². The van der Waals surface area contributed by atoms with Crippen LogP contribution in [0.15, 0.2) is 73.4 Å². The lowest BCUT2D eigenvalue weighted by atomic mass is 10.1. The van der Waals surface area contributed by atoms with Crippen molar-refractivity contribution in [3.63, 3.8) is 0 Å². The third kappa shape index (κ3) is 8.11. The summed E-state index contributed by atoms with van der Waals surface area (Å²) < 4.78 is 4.76. The van der Waals surface area contributed by atoms with Gasteiger partial charge in [0.2, 0.25) is 0 Å². The molecule has 2 aliphatic heterocycles. The molecule has 2 fully saturated rings. The molecule has 4 heterocycles. The summed E-state index contributed by atoms with van der Waals surface area (Å²) >= 11 is 0. The number of pyridine rings is 2. The van der Waals surface area contributed by atoms with Gasteiger partial charge in [0.1, 0.15) is 13.1 Å². The first-order valence-electron chi connectivity index (χ1n) is 14.4. The number of nitrogens with zero attached hydrogens (tertiary/aromatic N) is 4. The molecule has 0 spiro atoms. The van der Waals surface area contributed by atoms with Gasteiger partial charge in [-0.1, -0.05) is 24.3 Å². The van der Waals surface area contributed by atoms with Gasteiger partial charge < -0.3 is 0 Å². The second-order valence-electron chi connectivity index (χ2n) is 10.9. The normalized spacial score (nSPS) is 21.4. The van der Waals surface area contributed by atoms with E-state index in [-0.39, 0.29) is 0 Å². The summed E-state index contributed by atoms with van der Waals surface area (Å²) in [6.07, 6.45) is 30.8. The quantitative estimate of drug-likeness (QED) is 0.197. The van der Waals surface area contributed by atoms with E-state index in [2.05, 4.69) is 106 Å². The summed E-state index contributed by atoms with van der Waals surface area (Å²) in [5.74, 6) is 0. The lowest BCUT2D eigenvalue weighted by Crippen LogP contribution is -2.34. The Labute approximate surface area is 220 Å². The number of aryl methyl sites for hydroxylation is 2. The molecule has 0 aliphatic carbocycles. The fraction of sp³-hybridized carbons (Fsp3) is 0.562. The predicted molar refractivity (Wildman–Crippen MR) is 148 cm³/mol. The Hall–Kier alpha value is -2.30. The van der Waals surface area contributed by atoms with Crippen molar-refractivity contribution < 1.29 is 9.13 Å². The van der Waals surface area contributed by atoms with Gasteiger partial charge in [-0.3, -0.25) is 9.80 Å². The molecule has 0 bridgehead atoms. The number of rotatable bonds is 13. The molecule has 0 aromatic carbocycles. The van der Waals surface area contributed by atoms with E-state index in [1.165, 1.54) is 88.4 Å². The molecule has 0 unspecified atom stereocenters. The standard InChI is InChI=1S/C32H48N4/c1-33-21-15-19-31(33)29-17-13-25-35(27-29)23-11-9-7-5-3-4-6-8-10-12-24-36-26-14-18-30(28-36)32-20-16-22-34(32)2/h3-6,13-14,17-18,25-28,31-32H,7-12,15-16,19-24H2,1-2H3/q+2/t31-,32-/m0/s1. The van der Waals surface area contributed by atoms with Crippen LogP contribution in [0.5, 0.6) is 0 Å². The lowest BCUT2D eigenvalue weighted by molar-refractivity contribution is -0.698. The summed E-state index contributed by atoms with van der Waals surface area (Å²) in [5.41, 5.74) is 2.96. The van der Waals surface area contributed by atoms with Crippen LogP contribution in [0.4, 0.5) is 0 Å². The average Bonchev–Trinajstić information content (AvgIpc) is 3.53. The van der Waals surface area contributed by atoms with Crippen molar-refractivity contribution in [1.29, 1.82) is 0 Å². The van der Waals surface area contributed by atoms with Crippen molar-refractivity contribution in [2.45, 2.75) is 89.4 Å². The highest BCUT2D eigenvalue weighted by molar-refractivity contribution is 5.13. The zero-order valence-electron chi connectivity index (χ0n) is 22.8. The third-order valence-electron chi connectivity index (χ3n) is 8.03. The Kier molecular flexibility index (Phi) is 10.7. The second-order valence-corrected chi connectivity index (χ2v) is 10.9. The maximum atomic E-state index is 2.49. The number of hydrogen-bond acceptors (Lipinski definition) is 2. The molecule has 0 N–H and O–H groups in total. The molecule has 36 heavy (non-hydrogen) atoms. The van der Waals surface area contributed by atoms with E-state index in [4.69, 9.17) is 0 Å². The molecule has 2 saturated heterocycles. The number of aromatic nitrogens is 2. The monoisotopic (exact) mass is 488 g/mol. The van der Waals surface area contributed by atoms with Gasteiger partial charge in [-0.2, -0.15) is 0 Å². The topological polar surface area (TPSA) is 14.2 Å². The zero-order valence-corrected chi connectivity index (χ0v) is 22.8. The summed E-state index contributed by atoms with van der Waals surface area (Å²) in [6, 6.07) is 10.3. The first kappa shape index (κ1) is 26.8. The van der Waals surface area contributed by atoms with E-state index in [1.54, 1.807) is 0 Å². The van der Waals surface area contributed by atoms with Gasteiger partial charge >= 0.3 is 0 Å². The van der Waals surface area contributed by atoms with Crippen LogP contribution in [0.3, 0.4) is 0 Å². The highest BCUT2D eigenvalue weighted by Gasteiger charge is 2.25. The molecule has 2 aromatic rings. The van der Waals surface area contributed by atoms with E-state index >= 15 is 0 Å². The Bertz CT molecular complexity index is 902. The van der Waals surface area contributed by atoms with Crippen LogP contribution < -0.4 is 9.13 Å². The molecule has 2 aliphatic rings. The maximum absolute atomic E-state index is 2.49. The van der Waals surface area contributed by atoms with Crippen molar-refractivity contribution in [3.8, 4) is 0 Å². The summed E-state index contributed by atoms with van der Waals surface area (Å²) in [4.78, 5) is 4.98. The molecule has 4 heteroatoms. The number of hydrogen-bond donors (Lipinski definition) is 0. The maximum Gasteiger partial charge on any atom is 0.173 e. The van der Waals surface area contributed by atoms with Gasteiger partial charge in [-0.25, -0.2) is 9.13 Å². The highest BCUT2D eigenvalue weighted by Crippen LogP contribution is 2.30. The van der Waals surface area contributed by atoms with E-state index in [0.717, 1.165) is 13.1 Å². The van der Waals surface area contributed by atoms with Crippen molar-refractivity contribution in [2.75, 3.05) is 27.2 Å². The van der Waals surface area contributed by atoms with Gasteiger partial charge in [0.05, 0.1) is 0 Å². The van der Waals surface area contributed by atoms with Crippen molar-refractivity contribution in [3.05, 3.63) is 84.5 Å². The average molecular weight is 489 g/mol. The van der Waals surface area contributed by atoms with Gasteiger partial charge in [0, 0.05) is 48.2 Å². The van der Waals surface area contributed by atoms with Gasteiger partial charge in [0.15, 0.2) is 24.8 Å². The fourth-order valence-corrected chi connectivity index (χ4v) is 5.88. The molecule has 2 aromatic heterocycles. The van der Waals surface area contributed by atoms with Gasteiger partial charge in [-0.05, 0) is 90.7 Å². The van der Waals surface area contributed by atoms with Crippen LogP contribution in [0.25, 0.3) is 0 Å². The van der Waals surface area contributed by atoms with Crippen LogP contribution in [0, 0.1) is 0 Å². The Morgan fingerprint density at radius 3 is 1.61 bits per heavy atom. The van der Waals surface area contributed by atoms with E-state index < -0.39 is 0 Å². The smallest absolute Gasteiger partial charge is 0.173 e. The minimum absolute atomic E-state index is 0.612. The molecule has 2 atom stereocenters. The molecule has 4 rings (SSSR count). The molecule has 0 amide bonds. The zero-order chi connectivity index (χ0) is 25.0. The lowest BCUT2D eigenvalue weighted by Gasteiger charge is -2.18. The van der Waals surface area contributed by atoms with E-state index in [9.17, 15) is 0 Å². The minimum atomic E-state index is 0.612. The Morgan fingerprint density at radius 2 is 1.19 bits per heavy atom. The van der Waals surface area contributed by atoms with Crippen molar-refractivity contribution >= 4 is 0 Å². The van der Waals surface area contributed by atoms with Gasteiger partial charge in [0.25, 0.3) is 0 Å². The predicted octanol–water partition coefficient (Wildman–Crippen LogP) is 5.95. The molecule has 194 valence electrons. The summed E-state index contributed by atoms with van der Waals surface area (Å²) in [6.45, 7) is 4.69. The second kappa shape index (κ2) is 14.4. The van der Waals surface area contributed by atoms with Crippen molar-refractivity contribution in [1.82, 2.24) is 9.80 Å². The van der Waals surface area contributed by atoms with Gasteiger partial charge in [-0.15, -0.1) is 0 Å². The number of allylic oxidation sites excluding steroid dienone is 4. The molecular formula is C32H48N4+2. The summed E-state index contributed by atoms with van der Waals surface area (Å²) in [7, 11) is 4.51. The largest absolute Gasteiger partial charge is 0.299 e. The van der Waals surface area contributed by atoms with Crippen molar-refractivity contribution in [2.24, 2.45) is 0 Å². The molecule has 4 nitrogen and oxygen atoms in total. The highest BCUT2D eigenvalue weighted by atomic mass is 15.2. The molecular weight excluding hydrogens is 440 g/mol. The first-order chi connectivity index (χ1) is 17.7. The number of unbranched alkanes of at least 4 members (excludes halogenated alkanes) is 4. The van der Waals surface area contributed by atoms with E-state index in [1.807, 2.05) is 0 Å². The molecule has 0 saturated carbocycles. The van der Waals surface area contributed by atoms with Crippen LogP contribution in [0.1, 0.15) is 87.4 Å². The van der Waals surface area contributed by atoms with Crippen LogP contribution in [-0.4, -0.2) is 37.0 Å². The number of likely N-dealkylation sites (tertiary alicyclic amines) is 2. The SMILES string of the molecule is CN1CCC[C@H]1c1ccc[n+](CCCCC=CC=CCCCC[n+]2cccc([C@@H]3CCCN3C)c2)c1. The van der Waals surface area contributed by atoms with Crippen LogP contribution in [-0.2, 0) is 13.1 Å². The summed E-state index contributed by atoms with van der Waals surface area (Å²) in [5, 5.41) is 0. The first-order valence-corrected chi connectivity index (χ1v) is 14.4. The Balaban J connectivity index is 1.05.